The first-order chi connectivity index (χ1) is 17.3. The van der Waals surface area contributed by atoms with Crippen LogP contribution < -0.4 is 10.3 Å². The molecule has 1 aliphatic heterocycles. The normalized spacial score (nSPS) is 17.9. The van der Waals surface area contributed by atoms with Crippen LogP contribution in [0.4, 0.5) is 8.78 Å². The molecule has 1 fully saturated rings. The second-order valence-corrected chi connectivity index (χ2v) is 9.05. The maximum Gasteiger partial charge on any atom is 0.279 e. The average molecular weight is 514 g/mol. The quantitative estimate of drug-likeness (QED) is 0.388. The van der Waals surface area contributed by atoms with Crippen molar-refractivity contribution in [1.82, 2.24) is 24.5 Å². The number of hydrogen-bond donors (Lipinski definition) is 0. The van der Waals surface area contributed by atoms with Gasteiger partial charge >= 0.3 is 0 Å². The number of ether oxygens (including phenoxy) is 2. The smallest absolute Gasteiger partial charge is 0.279 e. The molecule has 0 N–H and O–H groups in total. The Balaban J connectivity index is 1.67. The molecule has 11 heteroatoms. The van der Waals surface area contributed by atoms with Gasteiger partial charge in [0, 0.05) is 29.8 Å². The Kier molecular flexibility index (Phi) is 6.40. The summed E-state index contributed by atoms with van der Waals surface area (Å²) in [5.74, 6) is -1.86. The van der Waals surface area contributed by atoms with Crippen LogP contribution in [-0.4, -0.2) is 38.2 Å². The van der Waals surface area contributed by atoms with Gasteiger partial charge in [-0.2, -0.15) is 0 Å². The number of aromatic nitrogens is 5. The SMILES string of the molecule is COc1ccc([C@H]2C[C@@H](c3nc4nc(C)c(C)nc4n(-c4c(F)cc(Cl)cc4F)c3=O)CCO2)cn1. The maximum atomic E-state index is 15.0. The molecular weight excluding hydrogens is 492 g/mol. The van der Waals surface area contributed by atoms with E-state index in [0.717, 1.165) is 22.3 Å². The Morgan fingerprint density at radius 2 is 1.83 bits per heavy atom. The number of benzene rings is 1. The van der Waals surface area contributed by atoms with Gasteiger partial charge in [-0.1, -0.05) is 11.6 Å². The molecule has 1 aliphatic rings. The Labute approximate surface area is 209 Å². The highest BCUT2D eigenvalue weighted by Gasteiger charge is 2.31. The Morgan fingerprint density at radius 1 is 1.11 bits per heavy atom. The lowest BCUT2D eigenvalue weighted by Crippen LogP contribution is -2.31. The van der Waals surface area contributed by atoms with Gasteiger partial charge in [0.2, 0.25) is 5.88 Å². The van der Waals surface area contributed by atoms with Gasteiger partial charge in [-0.15, -0.1) is 0 Å². The number of methoxy groups -OCH3 is 1. The standard InChI is InChI=1S/C25H22ClF2N5O3/c1-12-13(2)31-24-23(30-12)32-21(25(34)33(24)22-17(27)9-16(26)10-18(22)28)14-6-7-36-19(8-14)15-4-5-20(35-3)29-11-15/h4-5,9-11,14,19H,6-8H2,1-3H3/t14-,19+/m0/s1. The highest BCUT2D eigenvalue weighted by Crippen LogP contribution is 2.36. The summed E-state index contributed by atoms with van der Waals surface area (Å²) >= 11 is 5.83. The zero-order valence-electron chi connectivity index (χ0n) is 19.8. The van der Waals surface area contributed by atoms with Crippen molar-refractivity contribution in [2.24, 2.45) is 0 Å². The van der Waals surface area contributed by atoms with Crippen molar-refractivity contribution in [2.75, 3.05) is 13.7 Å². The molecule has 0 aliphatic carbocycles. The number of hydrogen-bond acceptors (Lipinski definition) is 7. The fraction of sp³-hybridized carbons (Fsp3) is 0.320. The minimum atomic E-state index is -0.991. The number of fused-ring (bicyclic) bond motifs is 1. The first-order valence-electron chi connectivity index (χ1n) is 11.3. The van der Waals surface area contributed by atoms with Crippen molar-refractivity contribution in [1.29, 1.82) is 0 Å². The summed E-state index contributed by atoms with van der Waals surface area (Å²) in [5, 5.41) is -0.126. The van der Waals surface area contributed by atoms with E-state index in [1.165, 1.54) is 7.11 Å². The third-order valence-corrected chi connectivity index (χ3v) is 6.57. The van der Waals surface area contributed by atoms with Crippen LogP contribution in [0.2, 0.25) is 5.02 Å². The van der Waals surface area contributed by atoms with Gasteiger partial charge in [0.1, 0.15) is 11.4 Å². The predicted octanol–water partition coefficient (Wildman–Crippen LogP) is 4.76. The molecule has 0 saturated carbocycles. The van der Waals surface area contributed by atoms with Crippen molar-refractivity contribution >= 4 is 22.9 Å². The highest BCUT2D eigenvalue weighted by molar-refractivity contribution is 6.30. The van der Waals surface area contributed by atoms with Crippen LogP contribution in [0.3, 0.4) is 0 Å². The zero-order valence-corrected chi connectivity index (χ0v) is 20.5. The van der Waals surface area contributed by atoms with Crippen LogP contribution in [0.15, 0.2) is 35.3 Å². The zero-order chi connectivity index (χ0) is 25.6. The molecular formula is C25H22ClF2N5O3. The largest absolute Gasteiger partial charge is 0.481 e. The second kappa shape index (κ2) is 9.51. The van der Waals surface area contributed by atoms with Crippen LogP contribution in [0, 0.1) is 25.5 Å². The number of rotatable bonds is 4. The molecule has 8 nitrogen and oxygen atoms in total. The molecule has 0 spiro atoms. The van der Waals surface area contributed by atoms with E-state index in [-0.39, 0.29) is 34.0 Å². The van der Waals surface area contributed by atoms with Crippen LogP contribution in [-0.2, 0) is 4.74 Å². The lowest BCUT2D eigenvalue weighted by molar-refractivity contribution is 0.00420. The molecule has 2 atom stereocenters. The molecule has 0 radical (unpaired) electrons. The lowest BCUT2D eigenvalue weighted by Gasteiger charge is -2.29. The molecule has 3 aromatic heterocycles. The molecule has 1 saturated heterocycles. The van der Waals surface area contributed by atoms with E-state index in [9.17, 15) is 4.79 Å². The van der Waals surface area contributed by atoms with Gasteiger partial charge in [0.15, 0.2) is 22.9 Å². The lowest BCUT2D eigenvalue weighted by atomic mass is 9.90. The fourth-order valence-electron chi connectivity index (χ4n) is 4.38. The van der Waals surface area contributed by atoms with E-state index in [0.29, 0.717) is 36.7 Å². The van der Waals surface area contributed by atoms with E-state index >= 15 is 8.78 Å². The van der Waals surface area contributed by atoms with Gasteiger partial charge in [-0.3, -0.25) is 9.36 Å². The van der Waals surface area contributed by atoms with E-state index in [1.807, 2.05) is 6.07 Å². The van der Waals surface area contributed by atoms with Crippen molar-refractivity contribution in [3.05, 3.63) is 80.1 Å². The van der Waals surface area contributed by atoms with E-state index < -0.39 is 22.9 Å². The van der Waals surface area contributed by atoms with Gasteiger partial charge in [-0.25, -0.2) is 28.7 Å². The highest BCUT2D eigenvalue weighted by atomic mass is 35.5. The van der Waals surface area contributed by atoms with E-state index in [4.69, 9.17) is 21.1 Å². The topological polar surface area (TPSA) is 92.0 Å². The van der Waals surface area contributed by atoms with E-state index in [2.05, 4.69) is 19.9 Å². The van der Waals surface area contributed by atoms with Gasteiger partial charge in [0.05, 0.1) is 24.6 Å². The predicted molar refractivity (Wildman–Crippen MR) is 129 cm³/mol. The molecule has 0 bridgehead atoms. The van der Waals surface area contributed by atoms with Crippen LogP contribution >= 0.6 is 11.6 Å². The van der Waals surface area contributed by atoms with Crippen LogP contribution in [0.5, 0.6) is 5.88 Å². The van der Waals surface area contributed by atoms with Gasteiger partial charge < -0.3 is 9.47 Å². The fourth-order valence-corrected chi connectivity index (χ4v) is 4.57. The second-order valence-electron chi connectivity index (χ2n) is 8.61. The minimum Gasteiger partial charge on any atom is -0.481 e. The van der Waals surface area contributed by atoms with Crippen LogP contribution in [0.1, 0.15) is 47.5 Å². The van der Waals surface area contributed by atoms with Crippen molar-refractivity contribution in [3.8, 4) is 11.6 Å². The maximum absolute atomic E-state index is 15.0. The molecule has 4 aromatic rings. The summed E-state index contributed by atoms with van der Waals surface area (Å²) in [4.78, 5) is 31.5. The summed E-state index contributed by atoms with van der Waals surface area (Å²) in [5.41, 5.74) is 0.921. The molecule has 0 unspecified atom stereocenters. The molecule has 186 valence electrons. The number of aryl methyl sites for hydroxylation is 2. The summed E-state index contributed by atoms with van der Waals surface area (Å²) in [6.45, 7) is 3.82. The Hall–Kier alpha value is -3.50. The third kappa shape index (κ3) is 4.31. The Morgan fingerprint density at radius 3 is 2.50 bits per heavy atom. The van der Waals surface area contributed by atoms with E-state index in [1.54, 1.807) is 26.1 Å². The van der Waals surface area contributed by atoms with Crippen LogP contribution in [0.25, 0.3) is 17.0 Å². The summed E-state index contributed by atoms with van der Waals surface area (Å²) in [7, 11) is 1.53. The average Bonchev–Trinajstić information content (AvgIpc) is 2.86. The van der Waals surface area contributed by atoms with Crippen molar-refractivity contribution in [3.63, 3.8) is 0 Å². The van der Waals surface area contributed by atoms with Gasteiger partial charge in [-0.05, 0) is 50.5 Å². The first kappa shape index (κ1) is 24.2. The number of nitrogens with zero attached hydrogens (tertiary/aromatic N) is 5. The summed E-state index contributed by atoms with van der Waals surface area (Å²) < 4.78 is 42.0. The summed E-state index contributed by atoms with van der Waals surface area (Å²) in [6.07, 6.45) is 2.24. The minimum absolute atomic E-state index is 0.0325. The third-order valence-electron chi connectivity index (χ3n) is 6.35. The molecule has 4 heterocycles. The first-order valence-corrected chi connectivity index (χ1v) is 11.7. The number of halogens is 3. The molecule has 5 rings (SSSR count). The molecule has 0 amide bonds. The van der Waals surface area contributed by atoms with Gasteiger partial charge in [0.25, 0.3) is 5.56 Å². The van der Waals surface area contributed by atoms with Crippen molar-refractivity contribution < 1.29 is 18.3 Å². The monoisotopic (exact) mass is 513 g/mol. The molecule has 36 heavy (non-hydrogen) atoms. The summed E-state index contributed by atoms with van der Waals surface area (Å²) in [6, 6.07) is 5.49. The Bertz CT molecular complexity index is 1500. The molecule has 1 aromatic carbocycles. The van der Waals surface area contributed by atoms with Crippen molar-refractivity contribution in [2.45, 2.75) is 38.7 Å². The number of pyridine rings is 1.